The van der Waals surface area contributed by atoms with E-state index in [-0.39, 0.29) is 18.0 Å². The third-order valence-corrected chi connectivity index (χ3v) is 4.14. The van der Waals surface area contributed by atoms with Crippen LogP contribution in [0.5, 0.6) is 0 Å². The molecule has 1 aromatic heterocycles. The Morgan fingerprint density at radius 2 is 1.96 bits per heavy atom. The number of carbonyl (C=O) groups excluding carboxylic acids is 1. The van der Waals surface area contributed by atoms with Crippen LogP contribution in [0.15, 0.2) is 53.3 Å². The van der Waals surface area contributed by atoms with Gasteiger partial charge in [-0.15, -0.1) is 0 Å². The van der Waals surface area contributed by atoms with E-state index in [1.807, 2.05) is 31.2 Å². The van der Waals surface area contributed by atoms with E-state index in [1.165, 1.54) is 4.90 Å². The molecule has 0 fully saturated rings. The van der Waals surface area contributed by atoms with Gasteiger partial charge >= 0.3 is 0 Å². The van der Waals surface area contributed by atoms with E-state index >= 15 is 0 Å². The number of halogens is 1. The Labute approximate surface area is 144 Å². The SMILES string of the molecule is Cc1ccc2[nH]c(=O)c(CN(C)C(=O)c3cccc(Cl)c3)cc2c1. The van der Waals surface area contributed by atoms with E-state index in [4.69, 9.17) is 11.6 Å². The van der Waals surface area contributed by atoms with Crippen LogP contribution in [0.25, 0.3) is 10.9 Å². The summed E-state index contributed by atoms with van der Waals surface area (Å²) in [6.07, 6.45) is 0. The van der Waals surface area contributed by atoms with Gasteiger partial charge in [-0.2, -0.15) is 0 Å². The fourth-order valence-corrected chi connectivity index (χ4v) is 2.85. The number of aryl methyl sites for hydroxylation is 1. The third kappa shape index (κ3) is 3.34. The van der Waals surface area contributed by atoms with Crippen LogP contribution in [-0.2, 0) is 6.54 Å². The number of nitrogens with one attached hydrogen (secondary N) is 1. The summed E-state index contributed by atoms with van der Waals surface area (Å²) in [5.74, 6) is -0.179. The fraction of sp³-hybridized carbons (Fsp3) is 0.158. The molecule has 0 aliphatic carbocycles. The molecule has 0 spiro atoms. The Morgan fingerprint density at radius 1 is 1.17 bits per heavy atom. The maximum Gasteiger partial charge on any atom is 0.253 e. The zero-order valence-electron chi connectivity index (χ0n) is 13.5. The molecule has 0 radical (unpaired) electrons. The lowest BCUT2D eigenvalue weighted by Gasteiger charge is -2.17. The lowest BCUT2D eigenvalue weighted by atomic mass is 10.1. The van der Waals surface area contributed by atoms with E-state index in [9.17, 15) is 9.59 Å². The second-order valence-corrected chi connectivity index (χ2v) is 6.32. The van der Waals surface area contributed by atoms with Crippen molar-refractivity contribution in [1.29, 1.82) is 0 Å². The Balaban J connectivity index is 1.90. The number of amides is 1. The van der Waals surface area contributed by atoms with Crippen LogP contribution < -0.4 is 5.56 Å². The Morgan fingerprint density at radius 3 is 2.71 bits per heavy atom. The van der Waals surface area contributed by atoms with Crippen LogP contribution in [0.2, 0.25) is 5.02 Å². The Kier molecular flexibility index (Phi) is 4.40. The Bertz CT molecular complexity index is 979. The van der Waals surface area contributed by atoms with Gasteiger partial charge in [-0.1, -0.05) is 29.3 Å². The predicted molar refractivity (Wildman–Crippen MR) is 96.6 cm³/mol. The van der Waals surface area contributed by atoms with Crippen LogP contribution >= 0.6 is 11.6 Å². The highest BCUT2D eigenvalue weighted by atomic mass is 35.5. The minimum atomic E-state index is -0.183. The van der Waals surface area contributed by atoms with Gasteiger partial charge in [-0.05, 0) is 48.7 Å². The second-order valence-electron chi connectivity index (χ2n) is 5.89. The maximum atomic E-state index is 12.5. The maximum absolute atomic E-state index is 12.5. The number of benzene rings is 2. The highest BCUT2D eigenvalue weighted by Crippen LogP contribution is 2.16. The number of hydrogen-bond donors (Lipinski definition) is 1. The van der Waals surface area contributed by atoms with Crippen LogP contribution in [0.1, 0.15) is 21.5 Å². The van der Waals surface area contributed by atoms with Gasteiger partial charge in [0.1, 0.15) is 0 Å². The van der Waals surface area contributed by atoms with Crippen LogP contribution in [0.3, 0.4) is 0 Å². The van der Waals surface area contributed by atoms with Gasteiger partial charge in [0, 0.05) is 28.7 Å². The fourth-order valence-electron chi connectivity index (χ4n) is 2.66. The first-order valence-electron chi connectivity index (χ1n) is 7.57. The minimum absolute atomic E-state index is 0.179. The number of fused-ring (bicyclic) bond motifs is 1. The molecule has 0 aliphatic rings. The molecule has 0 aliphatic heterocycles. The minimum Gasteiger partial charge on any atom is -0.337 e. The molecule has 3 rings (SSSR count). The molecule has 0 unspecified atom stereocenters. The van der Waals surface area contributed by atoms with Gasteiger partial charge in [0.25, 0.3) is 11.5 Å². The molecule has 24 heavy (non-hydrogen) atoms. The molecule has 122 valence electrons. The molecule has 0 atom stereocenters. The molecular formula is C19H17ClN2O2. The lowest BCUT2D eigenvalue weighted by Crippen LogP contribution is -2.29. The van der Waals surface area contributed by atoms with Crippen molar-refractivity contribution in [2.75, 3.05) is 7.05 Å². The number of aromatic amines is 1. The van der Waals surface area contributed by atoms with E-state index in [1.54, 1.807) is 31.3 Å². The second kappa shape index (κ2) is 6.49. The highest BCUT2D eigenvalue weighted by molar-refractivity contribution is 6.30. The summed E-state index contributed by atoms with van der Waals surface area (Å²) < 4.78 is 0. The average molecular weight is 341 g/mol. The quantitative estimate of drug-likeness (QED) is 0.789. The third-order valence-electron chi connectivity index (χ3n) is 3.90. The molecule has 0 saturated heterocycles. The highest BCUT2D eigenvalue weighted by Gasteiger charge is 2.14. The van der Waals surface area contributed by atoms with Crippen molar-refractivity contribution in [3.05, 3.63) is 80.6 Å². The average Bonchev–Trinajstić information content (AvgIpc) is 2.55. The van der Waals surface area contributed by atoms with Gasteiger partial charge in [0.15, 0.2) is 0 Å². The van der Waals surface area contributed by atoms with Gasteiger partial charge in [-0.3, -0.25) is 9.59 Å². The van der Waals surface area contributed by atoms with Crippen molar-refractivity contribution in [3.8, 4) is 0 Å². The van der Waals surface area contributed by atoms with Crippen molar-refractivity contribution in [1.82, 2.24) is 9.88 Å². The molecule has 1 heterocycles. The van der Waals surface area contributed by atoms with E-state index in [0.717, 1.165) is 16.5 Å². The number of aromatic nitrogens is 1. The Hall–Kier alpha value is -2.59. The van der Waals surface area contributed by atoms with Gasteiger partial charge in [0.2, 0.25) is 0 Å². The van der Waals surface area contributed by atoms with E-state index in [2.05, 4.69) is 4.98 Å². The lowest BCUT2D eigenvalue weighted by molar-refractivity contribution is 0.0784. The molecule has 0 saturated carbocycles. The number of nitrogens with zero attached hydrogens (tertiary/aromatic N) is 1. The van der Waals surface area contributed by atoms with Crippen LogP contribution in [0.4, 0.5) is 0 Å². The zero-order valence-corrected chi connectivity index (χ0v) is 14.2. The molecule has 2 aromatic carbocycles. The summed E-state index contributed by atoms with van der Waals surface area (Å²) >= 11 is 5.93. The normalized spacial score (nSPS) is 10.8. The zero-order chi connectivity index (χ0) is 17.3. The molecule has 1 N–H and O–H groups in total. The molecule has 1 amide bonds. The summed E-state index contributed by atoms with van der Waals surface area (Å²) in [6, 6.07) is 14.5. The molecule has 4 nitrogen and oxygen atoms in total. The standard InChI is InChI=1S/C19H17ClN2O2/c1-12-6-7-17-14(8-12)9-15(18(23)21-17)11-22(2)19(24)13-4-3-5-16(20)10-13/h3-10H,11H2,1-2H3,(H,21,23). The number of H-pyrrole nitrogens is 1. The number of carbonyl (C=O) groups is 1. The van der Waals surface area contributed by atoms with Gasteiger partial charge in [-0.25, -0.2) is 0 Å². The van der Waals surface area contributed by atoms with Gasteiger partial charge < -0.3 is 9.88 Å². The molecule has 0 bridgehead atoms. The van der Waals surface area contributed by atoms with E-state index < -0.39 is 0 Å². The number of hydrogen-bond acceptors (Lipinski definition) is 2. The first-order chi connectivity index (χ1) is 11.4. The molecule has 5 heteroatoms. The molecular weight excluding hydrogens is 324 g/mol. The summed E-state index contributed by atoms with van der Waals surface area (Å²) in [5, 5.41) is 1.46. The summed E-state index contributed by atoms with van der Waals surface area (Å²) in [4.78, 5) is 29.1. The number of rotatable bonds is 3. The summed E-state index contributed by atoms with van der Waals surface area (Å²) in [7, 11) is 1.67. The topological polar surface area (TPSA) is 53.2 Å². The summed E-state index contributed by atoms with van der Waals surface area (Å²) in [6.45, 7) is 2.23. The van der Waals surface area contributed by atoms with Crippen molar-refractivity contribution in [2.24, 2.45) is 0 Å². The summed E-state index contributed by atoms with van der Waals surface area (Å²) in [5.41, 5.74) is 2.77. The van der Waals surface area contributed by atoms with Crippen LogP contribution in [-0.4, -0.2) is 22.8 Å². The molecule has 3 aromatic rings. The smallest absolute Gasteiger partial charge is 0.253 e. The largest absolute Gasteiger partial charge is 0.337 e. The van der Waals surface area contributed by atoms with Crippen LogP contribution in [0, 0.1) is 6.92 Å². The predicted octanol–water partition coefficient (Wildman–Crippen LogP) is 3.76. The number of pyridine rings is 1. The van der Waals surface area contributed by atoms with Crippen molar-refractivity contribution >= 4 is 28.4 Å². The van der Waals surface area contributed by atoms with Crippen molar-refractivity contribution < 1.29 is 4.79 Å². The monoisotopic (exact) mass is 340 g/mol. The first kappa shape index (κ1) is 16.3. The van der Waals surface area contributed by atoms with Crippen molar-refractivity contribution in [3.63, 3.8) is 0 Å². The van der Waals surface area contributed by atoms with E-state index in [0.29, 0.717) is 16.1 Å². The first-order valence-corrected chi connectivity index (χ1v) is 7.95. The van der Waals surface area contributed by atoms with Crippen molar-refractivity contribution in [2.45, 2.75) is 13.5 Å². The van der Waals surface area contributed by atoms with Gasteiger partial charge in [0.05, 0.1) is 6.54 Å².